The smallest absolute Gasteiger partial charge is 0.324 e. The quantitative estimate of drug-likeness (QED) is 0.252. The zero-order valence-corrected chi connectivity index (χ0v) is 29.3. The van der Waals surface area contributed by atoms with Gasteiger partial charge in [0.2, 0.25) is 15.9 Å². The van der Waals surface area contributed by atoms with Crippen LogP contribution >= 0.6 is 0 Å². The predicted octanol–water partition coefficient (Wildman–Crippen LogP) is 5.46. The third kappa shape index (κ3) is 7.69. The van der Waals surface area contributed by atoms with Crippen molar-refractivity contribution >= 4 is 32.8 Å². The Morgan fingerprint density at radius 1 is 1.20 bits per heavy atom. The number of sulfonamides is 1. The largest absolute Gasteiger partial charge is 0.488 e. The van der Waals surface area contributed by atoms with Crippen LogP contribution in [-0.2, 0) is 26.0 Å². The number of carbonyl (C=O) groups excluding carboxylic acids is 1. The van der Waals surface area contributed by atoms with Crippen LogP contribution in [0.3, 0.4) is 0 Å². The molecule has 2 aliphatic heterocycles. The van der Waals surface area contributed by atoms with E-state index in [0.29, 0.717) is 37.9 Å². The van der Waals surface area contributed by atoms with Gasteiger partial charge in [-0.25, -0.2) is 18.1 Å². The Morgan fingerprint density at radius 3 is 2.71 bits per heavy atom. The molecule has 1 saturated heterocycles. The van der Waals surface area contributed by atoms with E-state index in [0.717, 1.165) is 53.4 Å². The first-order valence-electron chi connectivity index (χ1n) is 17.6. The highest BCUT2D eigenvalue weighted by atomic mass is 32.2. The summed E-state index contributed by atoms with van der Waals surface area (Å²) in [6.07, 6.45) is 6.81. The molecule has 0 spiro atoms. The lowest BCUT2D eigenvalue weighted by Crippen LogP contribution is -2.57. The molecule has 1 saturated carbocycles. The number of aromatic nitrogens is 1. The number of unbranched alkanes of at least 4 members (excludes halogenated alkanes) is 1. The van der Waals surface area contributed by atoms with Crippen LogP contribution in [-0.4, -0.2) is 77.4 Å². The number of hydrogen-bond acceptors (Lipinski definition) is 7. The molecule has 2 fully saturated rings. The number of ether oxygens (including phenoxy) is 1. The molecule has 0 radical (unpaired) electrons. The molecule has 3 heterocycles. The van der Waals surface area contributed by atoms with Crippen LogP contribution in [0.25, 0.3) is 22.2 Å². The van der Waals surface area contributed by atoms with Crippen molar-refractivity contribution in [2.75, 3.05) is 12.3 Å². The Bertz CT molecular complexity index is 1800. The lowest BCUT2D eigenvalue weighted by molar-refractivity contribution is -0.141. The number of nitrogens with one attached hydrogen (secondary N) is 2. The average molecular weight is 689 g/mol. The Hall–Kier alpha value is -3.80. The monoisotopic (exact) mass is 688 g/mol. The van der Waals surface area contributed by atoms with Gasteiger partial charge in [-0.15, -0.1) is 6.58 Å². The van der Waals surface area contributed by atoms with Gasteiger partial charge in [-0.3, -0.25) is 14.9 Å². The van der Waals surface area contributed by atoms with Crippen molar-refractivity contribution in [1.29, 1.82) is 0 Å². The summed E-state index contributed by atoms with van der Waals surface area (Å²) in [5.74, 6) is -0.850. The van der Waals surface area contributed by atoms with Crippen LogP contribution in [0.1, 0.15) is 70.8 Å². The first-order valence-corrected chi connectivity index (χ1v) is 19.3. The van der Waals surface area contributed by atoms with E-state index in [1.54, 1.807) is 11.0 Å². The van der Waals surface area contributed by atoms with Crippen molar-refractivity contribution in [3.8, 4) is 17.0 Å². The molecule has 1 aromatic heterocycles. The van der Waals surface area contributed by atoms with Crippen LogP contribution in [0.4, 0.5) is 0 Å². The van der Waals surface area contributed by atoms with Crippen LogP contribution < -0.4 is 14.8 Å². The molecule has 49 heavy (non-hydrogen) atoms. The molecule has 3 aliphatic rings. The minimum Gasteiger partial charge on any atom is -0.488 e. The lowest BCUT2D eigenvalue weighted by Gasteiger charge is -2.34. The lowest BCUT2D eigenvalue weighted by atomic mass is 10.0. The second kappa shape index (κ2) is 14.6. The zero-order chi connectivity index (χ0) is 34.8. The molecule has 6 rings (SSSR count). The Balaban J connectivity index is 1.40. The van der Waals surface area contributed by atoms with E-state index in [1.807, 2.05) is 56.3 Å². The Labute approximate surface area is 289 Å². The van der Waals surface area contributed by atoms with Crippen molar-refractivity contribution < 1.29 is 27.9 Å². The van der Waals surface area contributed by atoms with Gasteiger partial charge >= 0.3 is 5.97 Å². The van der Waals surface area contributed by atoms with Crippen molar-refractivity contribution in [3.63, 3.8) is 0 Å². The average Bonchev–Trinajstić information content (AvgIpc) is 3.65. The number of hydrogen-bond donors (Lipinski definition) is 3. The van der Waals surface area contributed by atoms with E-state index in [9.17, 15) is 23.1 Å². The minimum atomic E-state index is -3.72. The maximum atomic E-state index is 14.4. The number of aliphatic carboxylic acids is 1. The molecule has 4 bridgehead atoms. The maximum Gasteiger partial charge on any atom is 0.324 e. The molecular weight excluding hydrogens is 641 g/mol. The van der Waals surface area contributed by atoms with E-state index in [4.69, 9.17) is 9.72 Å². The van der Waals surface area contributed by atoms with Gasteiger partial charge in [-0.05, 0) is 56.7 Å². The fraction of sp³-hybridized carbons (Fsp3) is 0.500. The fourth-order valence-corrected chi connectivity index (χ4v) is 8.89. The number of carboxylic acid groups (broad SMARTS) is 1. The number of aryl methyl sites for hydroxylation is 1. The fourth-order valence-electron chi connectivity index (χ4n) is 7.53. The number of nitrogens with zero attached hydrogens (tertiary/aromatic N) is 2. The topological polar surface area (TPSA) is 138 Å². The molecule has 1 amide bonds. The second-order valence-electron chi connectivity index (χ2n) is 14.0. The Kier molecular flexibility index (Phi) is 10.4. The molecule has 6 atom stereocenters. The third-order valence-electron chi connectivity index (χ3n) is 10.4. The summed E-state index contributed by atoms with van der Waals surface area (Å²) in [5, 5.41) is 14.4. The number of carbonyl (C=O) groups is 2. The van der Waals surface area contributed by atoms with Crippen molar-refractivity contribution in [3.05, 3.63) is 72.8 Å². The van der Waals surface area contributed by atoms with Gasteiger partial charge in [0.1, 0.15) is 23.4 Å². The normalized spacial score (nSPS) is 27.7. The minimum absolute atomic E-state index is 0.0475. The van der Waals surface area contributed by atoms with Gasteiger partial charge in [0.15, 0.2) is 0 Å². The first-order chi connectivity index (χ1) is 23.5. The van der Waals surface area contributed by atoms with Crippen molar-refractivity contribution in [2.24, 2.45) is 5.92 Å². The number of amides is 1. The van der Waals surface area contributed by atoms with Crippen molar-refractivity contribution in [2.45, 2.75) is 101 Å². The summed E-state index contributed by atoms with van der Waals surface area (Å²) < 4.78 is 36.2. The third-order valence-corrected chi connectivity index (χ3v) is 11.8. The van der Waals surface area contributed by atoms with E-state index >= 15 is 0 Å². The maximum absolute atomic E-state index is 14.4. The molecule has 1 unspecified atom stereocenters. The number of benzene rings is 2. The first kappa shape index (κ1) is 35.0. The second-order valence-corrected chi connectivity index (χ2v) is 15.8. The van der Waals surface area contributed by atoms with Gasteiger partial charge in [-0.1, -0.05) is 68.7 Å². The molecule has 1 aliphatic carbocycles. The number of pyridine rings is 1. The van der Waals surface area contributed by atoms with E-state index in [-0.39, 0.29) is 24.1 Å². The molecule has 10 nitrogen and oxygen atoms in total. The molecule has 11 heteroatoms. The SMILES string of the molecule is C=C[C@@H]1C[C@]1(NC(C)[C@@H]1C[C@@H]2CN1C(=O)[C@H](CCCC)NS(=O)(=O)CCCCCc1ccc3nc(-c4ccccc4)cc(c3c1)O2)C(=O)O. The highest BCUT2D eigenvalue weighted by Crippen LogP contribution is 2.45. The number of fused-ring (bicyclic) bond motifs is 3. The summed E-state index contributed by atoms with van der Waals surface area (Å²) in [4.78, 5) is 33.5. The van der Waals surface area contributed by atoms with Gasteiger partial charge in [0, 0.05) is 35.4 Å². The van der Waals surface area contributed by atoms with E-state index in [2.05, 4.69) is 28.8 Å². The summed E-state index contributed by atoms with van der Waals surface area (Å²) in [6, 6.07) is 16.3. The van der Waals surface area contributed by atoms with Gasteiger partial charge in [0.05, 0.1) is 29.6 Å². The van der Waals surface area contributed by atoms with Gasteiger partial charge in [-0.2, -0.15) is 0 Å². The van der Waals surface area contributed by atoms with Gasteiger partial charge in [0.25, 0.3) is 0 Å². The van der Waals surface area contributed by atoms with Crippen molar-refractivity contribution in [1.82, 2.24) is 19.9 Å². The molecular formula is C38H48N4O6S. The summed E-state index contributed by atoms with van der Waals surface area (Å²) in [7, 11) is -3.72. The van der Waals surface area contributed by atoms with Crippen LogP contribution in [0.15, 0.2) is 67.3 Å². The van der Waals surface area contributed by atoms with E-state index in [1.165, 1.54) is 0 Å². The Morgan fingerprint density at radius 2 is 2.00 bits per heavy atom. The summed E-state index contributed by atoms with van der Waals surface area (Å²) in [6.45, 7) is 7.96. The summed E-state index contributed by atoms with van der Waals surface area (Å²) >= 11 is 0. The number of carboxylic acids is 1. The predicted molar refractivity (Wildman–Crippen MR) is 191 cm³/mol. The standard InChI is InChI=1S/C38H48N4O6S/c1-4-6-16-32-36(43)42-24-29(21-34(42)25(3)40-38(37(44)45)23-28(38)5-2)48-35-22-33(27-14-10-7-11-15-27)39-31-18-17-26(20-30(31)35)13-9-8-12-19-49(46,47)41-32/h5,7,10-11,14-15,17-18,20,22,25,28-29,32,34,40-41H,2,4,6,8-9,12-13,16,19,21,23-24H2,1,3H3,(H,44,45)/t25?,28-,29-,32+,34+,38-/m1/s1. The molecule has 3 aromatic rings. The highest BCUT2D eigenvalue weighted by molar-refractivity contribution is 7.89. The molecule has 262 valence electrons. The number of rotatable bonds is 9. The van der Waals surface area contributed by atoms with Crippen LogP contribution in [0.5, 0.6) is 5.75 Å². The summed E-state index contributed by atoms with van der Waals surface area (Å²) in [5.41, 5.74) is 2.52. The van der Waals surface area contributed by atoms with E-state index < -0.39 is 45.8 Å². The zero-order valence-electron chi connectivity index (χ0n) is 28.4. The molecule has 2 aromatic carbocycles. The van der Waals surface area contributed by atoms with Crippen LogP contribution in [0.2, 0.25) is 0 Å². The molecule has 3 N–H and O–H groups in total. The highest BCUT2D eigenvalue weighted by Gasteiger charge is 2.60. The van der Waals surface area contributed by atoms with Gasteiger partial charge < -0.3 is 14.7 Å². The van der Waals surface area contributed by atoms with Crippen LogP contribution in [0, 0.1) is 5.92 Å².